The molecular weight excluding hydrogens is 224 g/mol. The van der Waals surface area contributed by atoms with Gasteiger partial charge in [0.25, 0.3) is 0 Å². The van der Waals surface area contributed by atoms with Crippen molar-refractivity contribution in [2.45, 2.75) is 6.92 Å². The summed E-state index contributed by atoms with van der Waals surface area (Å²) in [5.41, 5.74) is 2.58. The Morgan fingerprint density at radius 3 is 2.67 bits per heavy atom. The Kier molecular flexibility index (Phi) is 2.45. The van der Waals surface area contributed by atoms with Crippen LogP contribution in [0.2, 0.25) is 0 Å². The second-order valence-electron chi connectivity index (χ2n) is 4.21. The van der Waals surface area contributed by atoms with E-state index in [1.165, 1.54) is 0 Å². The van der Waals surface area contributed by atoms with Gasteiger partial charge in [-0.3, -0.25) is 4.79 Å². The van der Waals surface area contributed by atoms with Gasteiger partial charge >= 0.3 is 0 Å². The number of carbonyl (C=O) groups is 1. The van der Waals surface area contributed by atoms with E-state index in [9.17, 15) is 4.79 Å². The second-order valence-corrected chi connectivity index (χ2v) is 4.21. The third-order valence-electron chi connectivity index (χ3n) is 2.97. The molecule has 0 bridgehead atoms. The molecule has 0 fully saturated rings. The number of pyridine rings is 1. The smallest absolute Gasteiger partial charge is 0.161 e. The van der Waals surface area contributed by atoms with E-state index in [-0.39, 0.29) is 5.78 Å². The summed E-state index contributed by atoms with van der Waals surface area (Å²) in [6.07, 6.45) is 3.60. The Morgan fingerprint density at radius 1 is 1.17 bits per heavy atom. The number of aromatic nitrogens is 2. The molecule has 3 heteroatoms. The van der Waals surface area contributed by atoms with E-state index in [0.717, 1.165) is 16.7 Å². The highest BCUT2D eigenvalue weighted by Gasteiger charge is 2.07. The Morgan fingerprint density at radius 2 is 1.94 bits per heavy atom. The molecule has 0 amide bonds. The van der Waals surface area contributed by atoms with Gasteiger partial charge in [0.1, 0.15) is 5.65 Å². The molecule has 0 N–H and O–H groups in total. The number of nitrogens with zero attached hydrogens (tertiary/aromatic N) is 2. The number of para-hydroxylation sites is 1. The van der Waals surface area contributed by atoms with Gasteiger partial charge in [-0.1, -0.05) is 18.2 Å². The van der Waals surface area contributed by atoms with Crippen molar-refractivity contribution in [2.24, 2.45) is 0 Å². The van der Waals surface area contributed by atoms with E-state index in [1.807, 2.05) is 53.2 Å². The monoisotopic (exact) mass is 236 g/mol. The van der Waals surface area contributed by atoms with E-state index in [2.05, 4.69) is 4.98 Å². The van der Waals surface area contributed by atoms with Crippen LogP contribution in [0.5, 0.6) is 0 Å². The van der Waals surface area contributed by atoms with E-state index in [4.69, 9.17) is 0 Å². The molecule has 0 saturated heterocycles. The van der Waals surface area contributed by atoms with Crippen LogP contribution in [0.25, 0.3) is 16.7 Å². The van der Waals surface area contributed by atoms with Gasteiger partial charge < -0.3 is 4.57 Å². The van der Waals surface area contributed by atoms with Gasteiger partial charge in [-0.2, -0.15) is 0 Å². The maximum absolute atomic E-state index is 11.3. The van der Waals surface area contributed by atoms with Crippen LogP contribution >= 0.6 is 0 Å². The first-order valence-corrected chi connectivity index (χ1v) is 5.79. The van der Waals surface area contributed by atoms with Crippen molar-refractivity contribution in [3.05, 3.63) is 60.4 Å². The van der Waals surface area contributed by atoms with Crippen molar-refractivity contribution < 1.29 is 4.79 Å². The molecule has 2 aromatic heterocycles. The topological polar surface area (TPSA) is 34.9 Å². The lowest BCUT2D eigenvalue weighted by molar-refractivity contribution is 0.101. The first kappa shape index (κ1) is 10.7. The Bertz CT molecular complexity index is 714. The lowest BCUT2D eigenvalue weighted by atomic mass is 10.2. The third kappa shape index (κ3) is 1.70. The van der Waals surface area contributed by atoms with E-state index in [0.29, 0.717) is 5.56 Å². The van der Waals surface area contributed by atoms with Crippen molar-refractivity contribution in [1.82, 2.24) is 9.55 Å². The third-order valence-corrected chi connectivity index (χ3v) is 2.97. The van der Waals surface area contributed by atoms with Crippen LogP contribution in [0.4, 0.5) is 0 Å². The van der Waals surface area contributed by atoms with Crippen molar-refractivity contribution >= 4 is 16.8 Å². The molecule has 3 aromatic rings. The van der Waals surface area contributed by atoms with Crippen LogP contribution < -0.4 is 0 Å². The summed E-state index contributed by atoms with van der Waals surface area (Å²) in [7, 11) is 0. The lowest BCUT2D eigenvalue weighted by Gasteiger charge is -2.04. The quantitative estimate of drug-likeness (QED) is 0.640. The largest absolute Gasteiger partial charge is 0.301 e. The molecule has 3 rings (SSSR count). The van der Waals surface area contributed by atoms with Gasteiger partial charge in [-0.25, -0.2) is 4.98 Å². The molecular formula is C15H12N2O. The minimum absolute atomic E-state index is 0.0388. The molecule has 2 heterocycles. The number of benzene rings is 1. The van der Waals surface area contributed by atoms with Crippen molar-refractivity contribution in [3.63, 3.8) is 0 Å². The number of hydrogen-bond donors (Lipinski definition) is 0. The zero-order chi connectivity index (χ0) is 12.5. The summed E-state index contributed by atoms with van der Waals surface area (Å²) in [5.74, 6) is 0.0388. The predicted molar refractivity (Wildman–Crippen MR) is 71.1 cm³/mol. The average Bonchev–Trinajstić information content (AvgIpc) is 2.82. The molecule has 0 radical (unpaired) electrons. The van der Waals surface area contributed by atoms with Crippen molar-refractivity contribution in [2.75, 3.05) is 0 Å². The number of ketones is 1. The molecule has 1 aromatic carbocycles. The highest BCUT2D eigenvalue weighted by atomic mass is 16.1. The fourth-order valence-corrected chi connectivity index (χ4v) is 2.01. The Balaban J connectivity index is 2.19. The highest BCUT2D eigenvalue weighted by Crippen LogP contribution is 2.19. The fraction of sp³-hybridized carbons (Fsp3) is 0.0667. The maximum atomic E-state index is 11.3. The lowest BCUT2D eigenvalue weighted by Crippen LogP contribution is -1.96. The number of rotatable bonds is 2. The SMILES string of the molecule is CC(=O)c1cnc2c(ccn2-c2ccccc2)c1. The molecule has 0 aliphatic carbocycles. The molecule has 0 atom stereocenters. The van der Waals surface area contributed by atoms with E-state index < -0.39 is 0 Å². The molecule has 0 spiro atoms. The Labute approximate surface area is 105 Å². The minimum atomic E-state index is 0.0388. The van der Waals surface area contributed by atoms with Gasteiger partial charge in [-0.15, -0.1) is 0 Å². The van der Waals surface area contributed by atoms with Crippen LogP contribution in [0.3, 0.4) is 0 Å². The zero-order valence-electron chi connectivity index (χ0n) is 10.00. The van der Waals surface area contributed by atoms with Crippen LogP contribution in [-0.2, 0) is 0 Å². The zero-order valence-corrected chi connectivity index (χ0v) is 10.00. The minimum Gasteiger partial charge on any atom is -0.301 e. The van der Waals surface area contributed by atoms with E-state index >= 15 is 0 Å². The summed E-state index contributed by atoms with van der Waals surface area (Å²) < 4.78 is 2.01. The molecule has 0 aliphatic rings. The van der Waals surface area contributed by atoms with Gasteiger partial charge in [-0.05, 0) is 31.2 Å². The van der Waals surface area contributed by atoms with Gasteiger partial charge in [0.05, 0.1) is 0 Å². The number of hydrogen-bond acceptors (Lipinski definition) is 2. The summed E-state index contributed by atoms with van der Waals surface area (Å²) in [4.78, 5) is 15.7. The normalized spacial score (nSPS) is 10.7. The molecule has 3 nitrogen and oxygen atoms in total. The molecule has 0 unspecified atom stereocenters. The van der Waals surface area contributed by atoms with Gasteiger partial charge in [0.15, 0.2) is 5.78 Å². The fourth-order valence-electron chi connectivity index (χ4n) is 2.01. The molecule has 0 aliphatic heterocycles. The average molecular weight is 236 g/mol. The summed E-state index contributed by atoms with van der Waals surface area (Å²) in [5, 5.41) is 0.978. The van der Waals surface area contributed by atoms with Crippen molar-refractivity contribution in [1.29, 1.82) is 0 Å². The predicted octanol–water partition coefficient (Wildman–Crippen LogP) is 3.23. The number of fused-ring (bicyclic) bond motifs is 1. The first-order valence-electron chi connectivity index (χ1n) is 5.79. The van der Waals surface area contributed by atoms with Crippen molar-refractivity contribution in [3.8, 4) is 5.69 Å². The molecule has 0 saturated carbocycles. The summed E-state index contributed by atoms with van der Waals surface area (Å²) in [6, 6.07) is 13.9. The van der Waals surface area contributed by atoms with Crippen LogP contribution in [0.15, 0.2) is 54.9 Å². The van der Waals surface area contributed by atoms with Gasteiger partial charge in [0, 0.05) is 29.0 Å². The summed E-state index contributed by atoms with van der Waals surface area (Å²) in [6.45, 7) is 1.55. The number of carbonyl (C=O) groups excluding carboxylic acids is 1. The van der Waals surface area contributed by atoms with Crippen LogP contribution in [0.1, 0.15) is 17.3 Å². The summed E-state index contributed by atoms with van der Waals surface area (Å²) >= 11 is 0. The van der Waals surface area contributed by atoms with Crippen LogP contribution in [-0.4, -0.2) is 15.3 Å². The standard InChI is InChI=1S/C15H12N2O/c1-11(18)13-9-12-7-8-17(15(12)16-10-13)14-5-3-2-4-6-14/h2-10H,1H3. The highest BCUT2D eigenvalue weighted by molar-refractivity contribution is 5.97. The van der Waals surface area contributed by atoms with E-state index in [1.54, 1.807) is 13.1 Å². The molecule has 18 heavy (non-hydrogen) atoms. The first-order chi connectivity index (χ1) is 8.75. The second kappa shape index (κ2) is 4.11. The Hall–Kier alpha value is -2.42. The molecule has 88 valence electrons. The maximum Gasteiger partial charge on any atom is 0.161 e. The van der Waals surface area contributed by atoms with Gasteiger partial charge in [0.2, 0.25) is 0 Å². The van der Waals surface area contributed by atoms with Crippen LogP contribution in [0, 0.1) is 0 Å². The number of Topliss-reactive ketones (excluding diaryl/α,β-unsaturated/α-hetero) is 1.